The Balaban J connectivity index is 4.77. The molecule has 106 valence electrons. The molecule has 0 aliphatic heterocycles. The molecule has 0 saturated carbocycles. The van der Waals surface area contributed by atoms with E-state index in [2.05, 4.69) is 19.0 Å². The Morgan fingerprint density at radius 2 is 1.78 bits per heavy atom. The topological polar surface area (TPSA) is 78.9 Å². The summed E-state index contributed by atoms with van der Waals surface area (Å²) in [7, 11) is 0. The molecule has 0 aliphatic carbocycles. The molecule has 0 heterocycles. The zero-order chi connectivity index (χ0) is 14.1. The lowest BCUT2D eigenvalue weighted by atomic mass is 10.00. The van der Waals surface area contributed by atoms with Crippen molar-refractivity contribution in [3.63, 3.8) is 0 Å². The first-order valence-electron chi connectivity index (χ1n) is 6.81. The van der Waals surface area contributed by atoms with Crippen molar-refractivity contribution in [3.8, 4) is 0 Å². The van der Waals surface area contributed by atoms with Crippen molar-refractivity contribution in [2.45, 2.75) is 47.0 Å². The van der Waals surface area contributed by atoms with Gasteiger partial charge in [0.15, 0.2) is 5.84 Å². The third-order valence-electron chi connectivity index (χ3n) is 3.51. The fourth-order valence-electron chi connectivity index (χ4n) is 2.03. The molecule has 0 aromatic carbocycles. The quantitative estimate of drug-likeness (QED) is 0.302. The van der Waals surface area contributed by atoms with Crippen LogP contribution in [0.1, 0.15) is 47.0 Å². The molecule has 0 spiro atoms. The SMILES string of the molecule is CCC(CC)CN(CC)C(=O)C(CC)C(N)=NO. The maximum absolute atomic E-state index is 12.3. The summed E-state index contributed by atoms with van der Waals surface area (Å²) in [5.74, 6) is -0.0318. The number of hydrogen-bond acceptors (Lipinski definition) is 3. The molecule has 0 radical (unpaired) electrons. The van der Waals surface area contributed by atoms with Crippen LogP contribution in [-0.2, 0) is 4.79 Å². The van der Waals surface area contributed by atoms with Gasteiger partial charge in [-0.1, -0.05) is 38.8 Å². The van der Waals surface area contributed by atoms with E-state index < -0.39 is 5.92 Å². The van der Waals surface area contributed by atoms with Crippen LogP contribution in [0, 0.1) is 11.8 Å². The number of carbonyl (C=O) groups excluding carboxylic acids is 1. The second-order valence-corrected chi connectivity index (χ2v) is 4.55. The zero-order valence-electron chi connectivity index (χ0n) is 12.0. The fourth-order valence-corrected chi connectivity index (χ4v) is 2.03. The van der Waals surface area contributed by atoms with Gasteiger partial charge in [0.25, 0.3) is 0 Å². The smallest absolute Gasteiger partial charge is 0.233 e. The summed E-state index contributed by atoms with van der Waals surface area (Å²) in [5, 5.41) is 11.7. The van der Waals surface area contributed by atoms with E-state index in [1.54, 1.807) is 0 Å². The Morgan fingerprint density at radius 1 is 1.22 bits per heavy atom. The van der Waals surface area contributed by atoms with Gasteiger partial charge in [0, 0.05) is 13.1 Å². The summed E-state index contributed by atoms with van der Waals surface area (Å²) in [5.41, 5.74) is 5.57. The number of nitrogens with zero attached hydrogens (tertiary/aromatic N) is 2. The van der Waals surface area contributed by atoms with Crippen LogP contribution < -0.4 is 5.73 Å². The molecule has 0 saturated heterocycles. The molecule has 0 aromatic heterocycles. The van der Waals surface area contributed by atoms with E-state index in [0.717, 1.165) is 19.4 Å². The van der Waals surface area contributed by atoms with Crippen molar-refractivity contribution in [3.05, 3.63) is 0 Å². The minimum Gasteiger partial charge on any atom is -0.409 e. The van der Waals surface area contributed by atoms with Gasteiger partial charge in [-0.25, -0.2) is 0 Å². The van der Waals surface area contributed by atoms with E-state index in [-0.39, 0.29) is 11.7 Å². The second kappa shape index (κ2) is 8.78. The average Bonchev–Trinajstić information content (AvgIpc) is 2.40. The van der Waals surface area contributed by atoms with Crippen LogP contribution in [0.3, 0.4) is 0 Å². The van der Waals surface area contributed by atoms with Crippen LogP contribution in [0.2, 0.25) is 0 Å². The lowest BCUT2D eigenvalue weighted by Gasteiger charge is -2.28. The average molecular weight is 257 g/mol. The van der Waals surface area contributed by atoms with Crippen molar-refractivity contribution < 1.29 is 10.0 Å². The first kappa shape index (κ1) is 16.7. The second-order valence-electron chi connectivity index (χ2n) is 4.55. The van der Waals surface area contributed by atoms with Crippen LogP contribution in [-0.4, -0.2) is 34.9 Å². The predicted octanol–water partition coefficient (Wildman–Crippen LogP) is 2.04. The van der Waals surface area contributed by atoms with E-state index in [0.29, 0.717) is 18.9 Å². The van der Waals surface area contributed by atoms with Gasteiger partial charge in [-0.2, -0.15) is 0 Å². The molecule has 0 rings (SSSR count). The Bertz CT molecular complexity index is 275. The number of rotatable bonds is 8. The van der Waals surface area contributed by atoms with Crippen LogP contribution in [0.25, 0.3) is 0 Å². The summed E-state index contributed by atoms with van der Waals surface area (Å²) in [6, 6.07) is 0. The number of oxime groups is 1. The fraction of sp³-hybridized carbons (Fsp3) is 0.846. The van der Waals surface area contributed by atoms with Gasteiger partial charge in [0.1, 0.15) is 0 Å². The molecule has 0 fully saturated rings. The predicted molar refractivity (Wildman–Crippen MR) is 73.5 cm³/mol. The van der Waals surface area contributed by atoms with Gasteiger partial charge < -0.3 is 15.8 Å². The Hall–Kier alpha value is -1.26. The molecule has 0 aromatic rings. The van der Waals surface area contributed by atoms with Crippen molar-refractivity contribution in [1.82, 2.24) is 4.90 Å². The lowest BCUT2D eigenvalue weighted by Crippen LogP contribution is -2.43. The van der Waals surface area contributed by atoms with Gasteiger partial charge in [-0.05, 0) is 19.3 Å². The van der Waals surface area contributed by atoms with Gasteiger partial charge in [0.05, 0.1) is 5.92 Å². The van der Waals surface area contributed by atoms with Crippen LogP contribution >= 0.6 is 0 Å². The minimum absolute atomic E-state index is 0.00509. The highest BCUT2D eigenvalue weighted by Gasteiger charge is 2.26. The number of amides is 1. The van der Waals surface area contributed by atoms with Crippen LogP contribution in [0.5, 0.6) is 0 Å². The van der Waals surface area contributed by atoms with Crippen molar-refractivity contribution in [2.24, 2.45) is 22.7 Å². The molecule has 1 unspecified atom stereocenters. The van der Waals surface area contributed by atoms with Crippen molar-refractivity contribution >= 4 is 11.7 Å². The number of amidine groups is 1. The summed E-state index contributed by atoms with van der Waals surface area (Å²) in [6.45, 7) is 9.49. The van der Waals surface area contributed by atoms with E-state index >= 15 is 0 Å². The third-order valence-corrected chi connectivity index (χ3v) is 3.51. The third kappa shape index (κ3) is 4.55. The molecule has 0 aliphatic rings. The molecule has 3 N–H and O–H groups in total. The lowest BCUT2D eigenvalue weighted by molar-refractivity contribution is -0.134. The van der Waals surface area contributed by atoms with E-state index in [4.69, 9.17) is 10.9 Å². The van der Waals surface area contributed by atoms with Crippen LogP contribution in [0.4, 0.5) is 0 Å². The number of nitrogens with two attached hydrogens (primary N) is 1. The van der Waals surface area contributed by atoms with Gasteiger partial charge in [-0.15, -0.1) is 0 Å². The number of hydrogen-bond donors (Lipinski definition) is 2. The highest BCUT2D eigenvalue weighted by Crippen LogP contribution is 2.14. The molecule has 1 atom stereocenters. The maximum atomic E-state index is 12.3. The maximum Gasteiger partial charge on any atom is 0.233 e. The largest absolute Gasteiger partial charge is 0.409 e. The van der Waals surface area contributed by atoms with Crippen LogP contribution in [0.15, 0.2) is 5.16 Å². The molecular weight excluding hydrogens is 230 g/mol. The first-order valence-corrected chi connectivity index (χ1v) is 6.81. The van der Waals surface area contributed by atoms with Gasteiger partial charge in [0.2, 0.25) is 5.91 Å². The molecule has 0 bridgehead atoms. The Morgan fingerprint density at radius 3 is 2.11 bits per heavy atom. The summed E-state index contributed by atoms with van der Waals surface area (Å²) >= 11 is 0. The molecule has 5 heteroatoms. The Kier molecular flexibility index (Phi) is 8.16. The summed E-state index contributed by atoms with van der Waals surface area (Å²) in [4.78, 5) is 14.1. The standard InChI is InChI=1S/C13H27N3O2/c1-5-10(6-2)9-16(8-4)13(17)11(7-3)12(14)15-18/h10-11,18H,5-9H2,1-4H3,(H2,14,15). The minimum atomic E-state index is -0.510. The highest BCUT2D eigenvalue weighted by atomic mass is 16.4. The highest BCUT2D eigenvalue weighted by molar-refractivity contribution is 6.02. The monoisotopic (exact) mass is 257 g/mol. The van der Waals surface area contributed by atoms with Crippen molar-refractivity contribution in [2.75, 3.05) is 13.1 Å². The molecule has 1 amide bonds. The van der Waals surface area contributed by atoms with Gasteiger partial charge in [-0.3, -0.25) is 4.79 Å². The summed E-state index contributed by atoms with van der Waals surface area (Å²) in [6.07, 6.45) is 2.66. The Labute approximate surface area is 110 Å². The molecular formula is C13H27N3O2. The van der Waals surface area contributed by atoms with E-state index in [9.17, 15) is 4.79 Å². The van der Waals surface area contributed by atoms with Gasteiger partial charge >= 0.3 is 0 Å². The van der Waals surface area contributed by atoms with E-state index in [1.807, 2.05) is 18.7 Å². The van der Waals surface area contributed by atoms with E-state index in [1.165, 1.54) is 0 Å². The zero-order valence-corrected chi connectivity index (χ0v) is 12.0. The molecule has 5 nitrogen and oxygen atoms in total. The van der Waals surface area contributed by atoms with Crippen molar-refractivity contribution in [1.29, 1.82) is 0 Å². The first-order chi connectivity index (χ1) is 8.55. The molecule has 18 heavy (non-hydrogen) atoms. The summed E-state index contributed by atoms with van der Waals surface area (Å²) < 4.78 is 0. The normalized spacial score (nSPS) is 13.7. The number of carbonyl (C=O) groups is 1.